The summed E-state index contributed by atoms with van der Waals surface area (Å²) < 4.78 is 40.2. The van der Waals surface area contributed by atoms with Gasteiger partial charge in [-0.1, -0.05) is 24.3 Å². The number of nitrogens with one attached hydrogen (secondary N) is 3. The van der Waals surface area contributed by atoms with Gasteiger partial charge in [0.2, 0.25) is 0 Å². The third kappa shape index (κ3) is 4.07. The SMILES string of the molecule is O=C1NC(=O)[C@](CNC(=O)c2ccc(C(F)(F)F)cc2-c2ccc(C3CC3)cc2)(C2CC2)N1. The summed E-state index contributed by atoms with van der Waals surface area (Å²) in [7, 11) is 0. The topological polar surface area (TPSA) is 87.3 Å². The molecule has 1 heterocycles. The molecule has 1 saturated heterocycles. The first-order valence-electron chi connectivity index (χ1n) is 10.9. The van der Waals surface area contributed by atoms with Gasteiger partial charge in [0.05, 0.1) is 12.1 Å². The highest BCUT2D eigenvalue weighted by Gasteiger charge is 2.56. The van der Waals surface area contributed by atoms with Crippen molar-refractivity contribution in [3.63, 3.8) is 0 Å². The normalized spacial score (nSPS) is 22.6. The summed E-state index contributed by atoms with van der Waals surface area (Å²) in [6.07, 6.45) is -0.877. The Morgan fingerprint density at radius 2 is 1.73 bits per heavy atom. The second-order valence-corrected chi connectivity index (χ2v) is 8.99. The van der Waals surface area contributed by atoms with Gasteiger partial charge in [0.1, 0.15) is 5.54 Å². The molecule has 0 bridgehead atoms. The van der Waals surface area contributed by atoms with E-state index in [1.54, 1.807) is 12.1 Å². The number of imide groups is 1. The summed E-state index contributed by atoms with van der Waals surface area (Å²) in [6.45, 7) is -0.144. The molecule has 1 atom stereocenters. The maximum absolute atomic E-state index is 13.4. The van der Waals surface area contributed by atoms with Gasteiger partial charge in [-0.25, -0.2) is 4.79 Å². The van der Waals surface area contributed by atoms with Crippen LogP contribution in [0.3, 0.4) is 0 Å². The fourth-order valence-corrected chi connectivity index (χ4v) is 4.46. The molecule has 4 amide bonds. The average Bonchev–Trinajstić information content (AvgIpc) is 3.69. The van der Waals surface area contributed by atoms with E-state index in [1.165, 1.54) is 0 Å². The van der Waals surface area contributed by atoms with E-state index < -0.39 is 35.1 Å². The fraction of sp³-hybridized carbons (Fsp3) is 0.375. The number of benzene rings is 2. The van der Waals surface area contributed by atoms with E-state index >= 15 is 0 Å². The maximum Gasteiger partial charge on any atom is 0.416 e. The highest BCUT2D eigenvalue weighted by atomic mass is 19.4. The summed E-state index contributed by atoms with van der Waals surface area (Å²) in [5.41, 5.74) is -0.226. The molecule has 2 aliphatic carbocycles. The molecule has 2 aromatic carbocycles. The molecule has 0 spiro atoms. The molecular weight excluding hydrogens is 435 g/mol. The highest BCUT2D eigenvalue weighted by Crippen LogP contribution is 2.42. The third-order valence-electron chi connectivity index (χ3n) is 6.63. The number of halogens is 3. The Labute approximate surface area is 187 Å². The Hall–Kier alpha value is -3.36. The minimum Gasteiger partial charge on any atom is -0.349 e. The molecule has 33 heavy (non-hydrogen) atoms. The molecular formula is C24H22F3N3O3. The van der Waals surface area contributed by atoms with Gasteiger partial charge >= 0.3 is 12.2 Å². The second kappa shape index (κ2) is 7.60. The monoisotopic (exact) mass is 457 g/mol. The van der Waals surface area contributed by atoms with Gasteiger partial charge in [-0.15, -0.1) is 0 Å². The molecule has 1 aliphatic heterocycles. The lowest BCUT2D eigenvalue weighted by Gasteiger charge is -2.26. The molecule has 6 nitrogen and oxygen atoms in total. The van der Waals surface area contributed by atoms with Crippen molar-refractivity contribution in [2.24, 2.45) is 5.92 Å². The number of carbonyl (C=O) groups excluding carboxylic acids is 3. The first-order valence-corrected chi connectivity index (χ1v) is 10.9. The van der Waals surface area contributed by atoms with Gasteiger partial charge in [-0.3, -0.25) is 14.9 Å². The lowest BCUT2D eigenvalue weighted by Crippen LogP contribution is -2.57. The lowest BCUT2D eigenvalue weighted by molar-refractivity contribution is -0.137. The zero-order valence-electron chi connectivity index (χ0n) is 17.6. The summed E-state index contributed by atoms with van der Waals surface area (Å²) in [5, 5.41) is 7.50. The summed E-state index contributed by atoms with van der Waals surface area (Å²) >= 11 is 0. The standard InChI is InChI=1S/C24H22F3N3O3/c25-24(26,27)17-9-10-18(19(11-17)15-5-3-14(4-6-15)13-1-2-13)20(31)28-12-23(16-7-8-16)21(32)29-22(33)30-23/h3-6,9-11,13,16H,1-2,7-8,12H2,(H,28,31)(H2,29,30,32,33)/t23-/m0/s1. The Morgan fingerprint density at radius 1 is 1.03 bits per heavy atom. The van der Waals surface area contributed by atoms with Crippen LogP contribution in [0, 0.1) is 5.92 Å². The minimum absolute atomic E-state index is 0.0675. The minimum atomic E-state index is -4.56. The quantitative estimate of drug-likeness (QED) is 0.574. The average molecular weight is 457 g/mol. The predicted octanol–water partition coefficient (Wildman–Crippen LogP) is 3.97. The number of carbonyl (C=O) groups is 3. The van der Waals surface area contributed by atoms with Gasteiger partial charge in [0.25, 0.3) is 11.8 Å². The van der Waals surface area contributed by atoms with Crippen molar-refractivity contribution in [1.82, 2.24) is 16.0 Å². The summed E-state index contributed by atoms with van der Waals surface area (Å²) in [6, 6.07) is 9.61. The Balaban J connectivity index is 1.44. The van der Waals surface area contributed by atoms with Crippen LogP contribution in [0.4, 0.5) is 18.0 Å². The van der Waals surface area contributed by atoms with Crippen LogP contribution in [-0.2, 0) is 11.0 Å². The van der Waals surface area contributed by atoms with E-state index in [-0.39, 0.29) is 23.6 Å². The summed E-state index contributed by atoms with van der Waals surface area (Å²) in [4.78, 5) is 37.2. The van der Waals surface area contributed by atoms with E-state index in [0.29, 0.717) is 11.5 Å². The Kier molecular flexibility index (Phi) is 4.95. The van der Waals surface area contributed by atoms with Crippen molar-refractivity contribution >= 4 is 17.8 Å². The number of hydrogen-bond acceptors (Lipinski definition) is 3. The Bertz CT molecular complexity index is 1140. The lowest BCUT2D eigenvalue weighted by atomic mass is 9.92. The predicted molar refractivity (Wildman–Crippen MR) is 113 cm³/mol. The highest BCUT2D eigenvalue weighted by molar-refractivity contribution is 6.08. The van der Waals surface area contributed by atoms with E-state index in [4.69, 9.17) is 0 Å². The first-order chi connectivity index (χ1) is 15.7. The molecule has 0 radical (unpaired) electrons. The van der Waals surface area contributed by atoms with Crippen LogP contribution < -0.4 is 16.0 Å². The van der Waals surface area contributed by atoms with Gasteiger partial charge < -0.3 is 10.6 Å². The van der Waals surface area contributed by atoms with Gasteiger partial charge in [0.15, 0.2) is 0 Å². The van der Waals surface area contributed by atoms with E-state index in [1.807, 2.05) is 12.1 Å². The number of hydrogen-bond donors (Lipinski definition) is 3. The number of amides is 4. The molecule has 2 saturated carbocycles. The molecule has 3 N–H and O–H groups in total. The molecule has 3 fully saturated rings. The molecule has 0 unspecified atom stereocenters. The Morgan fingerprint density at radius 3 is 2.27 bits per heavy atom. The molecule has 5 rings (SSSR count). The van der Waals surface area contributed by atoms with Crippen molar-refractivity contribution in [3.8, 4) is 11.1 Å². The van der Waals surface area contributed by atoms with Gasteiger partial charge in [-0.2, -0.15) is 13.2 Å². The number of rotatable bonds is 6. The fourth-order valence-electron chi connectivity index (χ4n) is 4.46. The van der Waals surface area contributed by atoms with Crippen molar-refractivity contribution in [1.29, 1.82) is 0 Å². The molecule has 0 aromatic heterocycles. The van der Waals surface area contributed by atoms with Crippen LogP contribution in [0.25, 0.3) is 11.1 Å². The van der Waals surface area contributed by atoms with E-state index in [9.17, 15) is 27.6 Å². The van der Waals surface area contributed by atoms with Crippen molar-refractivity contribution in [3.05, 3.63) is 59.2 Å². The zero-order chi connectivity index (χ0) is 23.4. The zero-order valence-corrected chi connectivity index (χ0v) is 17.6. The first kappa shape index (κ1) is 21.5. The summed E-state index contributed by atoms with van der Waals surface area (Å²) in [5.74, 6) is -0.710. The van der Waals surface area contributed by atoms with E-state index in [2.05, 4.69) is 16.0 Å². The molecule has 3 aliphatic rings. The number of urea groups is 1. The number of alkyl halides is 3. The van der Waals surface area contributed by atoms with Crippen molar-refractivity contribution in [2.45, 2.75) is 43.3 Å². The van der Waals surface area contributed by atoms with Crippen molar-refractivity contribution < 1.29 is 27.6 Å². The second-order valence-electron chi connectivity index (χ2n) is 8.99. The molecule has 2 aromatic rings. The van der Waals surface area contributed by atoms with Crippen LogP contribution in [0.15, 0.2) is 42.5 Å². The molecule has 9 heteroatoms. The van der Waals surface area contributed by atoms with Gasteiger partial charge in [-0.05, 0) is 72.4 Å². The molecule has 172 valence electrons. The third-order valence-corrected chi connectivity index (χ3v) is 6.63. The van der Waals surface area contributed by atoms with Gasteiger partial charge in [0, 0.05) is 5.56 Å². The largest absolute Gasteiger partial charge is 0.416 e. The maximum atomic E-state index is 13.4. The van der Waals surface area contributed by atoms with E-state index in [0.717, 1.165) is 49.4 Å². The van der Waals surface area contributed by atoms with Crippen LogP contribution in [0.5, 0.6) is 0 Å². The smallest absolute Gasteiger partial charge is 0.349 e. The van der Waals surface area contributed by atoms with Crippen LogP contribution in [0.2, 0.25) is 0 Å². The van der Waals surface area contributed by atoms with Crippen LogP contribution >= 0.6 is 0 Å². The van der Waals surface area contributed by atoms with Crippen LogP contribution in [-0.4, -0.2) is 29.9 Å². The van der Waals surface area contributed by atoms with Crippen molar-refractivity contribution in [2.75, 3.05) is 6.54 Å². The van der Waals surface area contributed by atoms with Crippen LogP contribution in [0.1, 0.15) is 53.1 Å².